The number of benzene rings is 3. The van der Waals surface area contributed by atoms with E-state index in [0.717, 1.165) is 43.4 Å². The molecule has 2 heterocycles. The van der Waals surface area contributed by atoms with Gasteiger partial charge in [-0.25, -0.2) is 4.79 Å². The minimum Gasteiger partial charge on any atom is -0.480 e. The first-order valence-electron chi connectivity index (χ1n) is 10.9. The summed E-state index contributed by atoms with van der Waals surface area (Å²) in [5, 5.41) is 11.9. The monoisotopic (exact) mass is 439 g/mol. The van der Waals surface area contributed by atoms with Gasteiger partial charge in [-0.2, -0.15) is 4.57 Å². The fourth-order valence-electron chi connectivity index (χ4n) is 4.72. The van der Waals surface area contributed by atoms with Crippen molar-refractivity contribution in [2.24, 2.45) is 7.05 Å². The van der Waals surface area contributed by atoms with Crippen LogP contribution in [0, 0.1) is 0 Å². The number of hydrogen-bond donors (Lipinski definition) is 1. The molecule has 1 saturated heterocycles. The highest BCUT2D eigenvalue weighted by Gasteiger charge is 2.38. The Bertz CT molecular complexity index is 1410. The summed E-state index contributed by atoms with van der Waals surface area (Å²) in [6.45, 7) is 0. The summed E-state index contributed by atoms with van der Waals surface area (Å²) in [4.78, 5) is 36.8. The molecule has 1 N–H and O–H groups in total. The fourth-order valence-corrected chi connectivity index (χ4v) is 4.72. The van der Waals surface area contributed by atoms with Crippen molar-refractivity contribution in [1.29, 1.82) is 0 Å². The van der Waals surface area contributed by atoms with Crippen LogP contribution in [0.25, 0.3) is 32.9 Å². The molecule has 1 aliphatic rings. The second kappa shape index (κ2) is 8.13. The maximum absolute atomic E-state index is 12.0. The SMILES string of the molecule is C[n+]1c2ccccc2cc2c(-c3ccc(CC(C(=O)O)N4C(=O)CCC4=O)cc3)cccc21. The van der Waals surface area contributed by atoms with Crippen molar-refractivity contribution < 1.29 is 24.1 Å². The molecule has 0 saturated carbocycles. The van der Waals surface area contributed by atoms with Crippen LogP contribution in [-0.2, 0) is 27.9 Å². The van der Waals surface area contributed by atoms with Crippen molar-refractivity contribution >= 4 is 39.6 Å². The number of carboxylic acids is 1. The van der Waals surface area contributed by atoms with Gasteiger partial charge >= 0.3 is 5.97 Å². The molecule has 1 unspecified atom stereocenters. The van der Waals surface area contributed by atoms with Gasteiger partial charge < -0.3 is 5.11 Å². The van der Waals surface area contributed by atoms with Crippen molar-refractivity contribution in [3.8, 4) is 11.1 Å². The van der Waals surface area contributed by atoms with Crippen LogP contribution < -0.4 is 4.57 Å². The standard InChI is InChI=1S/C27H22N2O4/c1-28-22-7-3-2-5-19(22)16-21-20(6-4-8-23(21)28)18-11-9-17(10-12-18)15-24(27(32)33)29-25(30)13-14-26(29)31/h2-12,16,24H,13-15H2,1H3/p+1. The number of likely N-dealkylation sites (tertiary alicyclic amines) is 1. The highest BCUT2D eigenvalue weighted by Crippen LogP contribution is 2.30. The average Bonchev–Trinajstić information content (AvgIpc) is 3.15. The highest BCUT2D eigenvalue weighted by atomic mass is 16.4. The molecule has 1 aliphatic heterocycles. The van der Waals surface area contributed by atoms with E-state index in [1.807, 2.05) is 42.5 Å². The maximum Gasteiger partial charge on any atom is 0.327 e. The smallest absolute Gasteiger partial charge is 0.327 e. The van der Waals surface area contributed by atoms with Crippen molar-refractivity contribution in [3.05, 3.63) is 78.4 Å². The molecule has 1 fully saturated rings. The molecule has 6 heteroatoms. The summed E-state index contributed by atoms with van der Waals surface area (Å²) in [6, 6.07) is 23.2. The summed E-state index contributed by atoms with van der Waals surface area (Å²) < 4.78 is 2.18. The number of carboxylic acid groups (broad SMARTS) is 1. The minimum atomic E-state index is -1.18. The predicted octanol–water partition coefficient (Wildman–Crippen LogP) is 3.63. The fraction of sp³-hybridized carbons (Fsp3) is 0.185. The van der Waals surface area contributed by atoms with Crippen LogP contribution in [-0.4, -0.2) is 33.8 Å². The molecule has 0 bridgehead atoms. The lowest BCUT2D eigenvalue weighted by Crippen LogP contribution is -2.45. The van der Waals surface area contributed by atoms with Gasteiger partial charge in [0.1, 0.15) is 13.1 Å². The van der Waals surface area contributed by atoms with Crippen LogP contribution in [0.2, 0.25) is 0 Å². The van der Waals surface area contributed by atoms with Crippen LogP contribution >= 0.6 is 0 Å². The van der Waals surface area contributed by atoms with E-state index in [0.29, 0.717) is 0 Å². The van der Waals surface area contributed by atoms with Crippen molar-refractivity contribution in [3.63, 3.8) is 0 Å². The molecule has 0 aliphatic carbocycles. The Balaban J connectivity index is 1.50. The summed E-state index contributed by atoms with van der Waals surface area (Å²) in [6.07, 6.45) is 0.242. The van der Waals surface area contributed by atoms with E-state index in [9.17, 15) is 19.5 Å². The molecule has 3 aromatic carbocycles. The lowest BCUT2D eigenvalue weighted by atomic mass is 9.96. The Morgan fingerprint density at radius 3 is 2.30 bits per heavy atom. The third kappa shape index (κ3) is 3.63. The minimum absolute atomic E-state index is 0.0781. The zero-order chi connectivity index (χ0) is 23.1. The van der Waals surface area contributed by atoms with Crippen LogP contribution in [0.4, 0.5) is 0 Å². The molecule has 0 radical (unpaired) electrons. The van der Waals surface area contributed by atoms with E-state index < -0.39 is 23.8 Å². The number of carbonyl (C=O) groups excluding carboxylic acids is 2. The molecular weight excluding hydrogens is 416 g/mol. The molecule has 2 amide bonds. The molecule has 164 valence electrons. The van der Waals surface area contributed by atoms with Gasteiger partial charge in [0.05, 0.1) is 5.39 Å². The average molecular weight is 439 g/mol. The number of aryl methyl sites for hydroxylation is 1. The van der Waals surface area contributed by atoms with Gasteiger partial charge in [0.15, 0.2) is 0 Å². The van der Waals surface area contributed by atoms with E-state index in [2.05, 4.69) is 41.9 Å². The van der Waals surface area contributed by atoms with Crippen molar-refractivity contribution in [2.45, 2.75) is 25.3 Å². The number of carbonyl (C=O) groups is 3. The van der Waals surface area contributed by atoms with Crippen LogP contribution in [0.3, 0.4) is 0 Å². The van der Waals surface area contributed by atoms with Gasteiger partial charge in [-0.05, 0) is 28.8 Å². The Morgan fingerprint density at radius 1 is 0.939 bits per heavy atom. The Hall–Kier alpha value is -4.06. The Kier molecular flexibility index (Phi) is 5.13. The topological polar surface area (TPSA) is 78.6 Å². The zero-order valence-corrected chi connectivity index (χ0v) is 18.2. The number of pyridine rings is 1. The second-order valence-electron chi connectivity index (χ2n) is 8.41. The van der Waals surface area contributed by atoms with Crippen molar-refractivity contribution in [1.82, 2.24) is 4.90 Å². The number of para-hydroxylation sites is 1. The largest absolute Gasteiger partial charge is 0.480 e. The van der Waals surface area contributed by atoms with Gasteiger partial charge in [-0.15, -0.1) is 0 Å². The van der Waals surface area contributed by atoms with Crippen LogP contribution in [0.15, 0.2) is 72.8 Å². The van der Waals surface area contributed by atoms with Gasteiger partial charge in [0.2, 0.25) is 22.8 Å². The van der Waals surface area contributed by atoms with E-state index in [-0.39, 0.29) is 19.3 Å². The summed E-state index contributed by atoms with van der Waals surface area (Å²) in [7, 11) is 2.06. The molecule has 0 spiro atoms. The van der Waals surface area contributed by atoms with Gasteiger partial charge in [-0.3, -0.25) is 14.5 Å². The predicted molar refractivity (Wildman–Crippen MR) is 124 cm³/mol. The summed E-state index contributed by atoms with van der Waals surface area (Å²) in [5.41, 5.74) is 5.13. The number of rotatable bonds is 5. The van der Waals surface area contributed by atoms with Gasteiger partial charge in [-0.1, -0.05) is 48.5 Å². The second-order valence-corrected chi connectivity index (χ2v) is 8.41. The normalized spacial score (nSPS) is 14.9. The number of aromatic nitrogens is 1. The molecule has 33 heavy (non-hydrogen) atoms. The lowest BCUT2D eigenvalue weighted by Gasteiger charge is -2.22. The van der Waals surface area contributed by atoms with E-state index in [1.165, 1.54) is 0 Å². The first-order valence-corrected chi connectivity index (χ1v) is 10.9. The summed E-state index contributed by atoms with van der Waals surface area (Å²) in [5.74, 6) is -2.00. The third-order valence-corrected chi connectivity index (χ3v) is 6.42. The van der Waals surface area contributed by atoms with Crippen LogP contribution in [0.1, 0.15) is 18.4 Å². The number of fused-ring (bicyclic) bond motifs is 2. The van der Waals surface area contributed by atoms with E-state index in [4.69, 9.17) is 0 Å². The molecule has 5 rings (SSSR count). The number of amides is 2. The molecule has 6 nitrogen and oxygen atoms in total. The zero-order valence-electron chi connectivity index (χ0n) is 18.2. The Labute approximate surface area is 190 Å². The van der Waals surface area contributed by atoms with E-state index in [1.54, 1.807) is 0 Å². The van der Waals surface area contributed by atoms with Crippen LogP contribution in [0.5, 0.6) is 0 Å². The number of nitrogens with zero attached hydrogens (tertiary/aromatic N) is 2. The molecule has 4 aromatic rings. The maximum atomic E-state index is 12.0. The van der Waals surface area contributed by atoms with Crippen molar-refractivity contribution in [2.75, 3.05) is 0 Å². The lowest BCUT2D eigenvalue weighted by molar-refractivity contribution is -0.617. The Morgan fingerprint density at radius 2 is 1.61 bits per heavy atom. The van der Waals surface area contributed by atoms with Gasteiger partial charge in [0.25, 0.3) is 0 Å². The summed E-state index contributed by atoms with van der Waals surface area (Å²) >= 11 is 0. The van der Waals surface area contributed by atoms with Gasteiger partial charge in [0, 0.05) is 36.8 Å². The quantitative estimate of drug-likeness (QED) is 0.293. The highest BCUT2D eigenvalue weighted by molar-refractivity contribution is 6.05. The molecule has 1 aromatic heterocycles. The number of imide groups is 1. The number of hydrogen-bond acceptors (Lipinski definition) is 3. The first kappa shape index (κ1) is 20.8. The molecule has 1 atom stereocenters. The molecular formula is C27H23N2O4+. The number of aliphatic carboxylic acids is 1. The van der Waals surface area contributed by atoms with E-state index >= 15 is 0 Å². The first-order chi connectivity index (χ1) is 15.9. The third-order valence-electron chi connectivity index (χ3n) is 6.42.